The Balaban J connectivity index is 1.59. The Morgan fingerprint density at radius 3 is 2.79 bits per heavy atom. The van der Waals surface area contributed by atoms with E-state index in [0.29, 0.717) is 23.7 Å². The summed E-state index contributed by atoms with van der Waals surface area (Å²) in [6, 6.07) is 12.5. The van der Waals surface area contributed by atoms with Crippen molar-refractivity contribution in [1.82, 2.24) is 10.2 Å². The number of carbonyl (C=O) groups excluding carboxylic acids is 1. The van der Waals surface area contributed by atoms with Crippen LogP contribution in [0.1, 0.15) is 17.3 Å². The molecular formula is C19H14N4O6. The number of carbonyl (C=O) groups is 1. The fraction of sp³-hybridized carbons (Fsp3) is 0.105. The Morgan fingerprint density at radius 2 is 2.00 bits per heavy atom. The molecule has 4 rings (SSSR count). The van der Waals surface area contributed by atoms with E-state index in [-0.39, 0.29) is 23.2 Å². The molecule has 10 heteroatoms. The number of hydrogen-bond acceptors (Lipinski definition) is 8. The lowest BCUT2D eigenvalue weighted by Gasteiger charge is -2.02. The number of aromatic nitrogens is 2. The van der Waals surface area contributed by atoms with Gasteiger partial charge in [0.15, 0.2) is 17.1 Å². The first-order chi connectivity index (χ1) is 14.1. The lowest BCUT2D eigenvalue weighted by Crippen LogP contribution is -2.14. The second-order valence-electron chi connectivity index (χ2n) is 5.86. The van der Waals surface area contributed by atoms with E-state index in [4.69, 9.17) is 13.6 Å². The molecule has 1 N–H and O–H groups in total. The van der Waals surface area contributed by atoms with Crippen molar-refractivity contribution in [2.24, 2.45) is 0 Å². The van der Waals surface area contributed by atoms with E-state index in [9.17, 15) is 14.9 Å². The van der Waals surface area contributed by atoms with Crippen LogP contribution in [-0.4, -0.2) is 27.6 Å². The molecule has 0 saturated heterocycles. The van der Waals surface area contributed by atoms with Gasteiger partial charge >= 0.3 is 6.01 Å². The minimum absolute atomic E-state index is 0.0431. The Morgan fingerprint density at radius 1 is 1.17 bits per heavy atom. The van der Waals surface area contributed by atoms with Crippen molar-refractivity contribution in [3.05, 3.63) is 64.2 Å². The molecule has 10 nitrogen and oxygen atoms in total. The summed E-state index contributed by atoms with van der Waals surface area (Å²) < 4.78 is 16.7. The first-order valence-electron chi connectivity index (χ1n) is 8.61. The predicted molar refractivity (Wildman–Crippen MR) is 102 cm³/mol. The maximum absolute atomic E-state index is 12.4. The molecule has 4 aromatic rings. The topological polar surface area (TPSA) is 134 Å². The smallest absolute Gasteiger partial charge is 0.322 e. The van der Waals surface area contributed by atoms with E-state index < -0.39 is 10.8 Å². The van der Waals surface area contributed by atoms with Gasteiger partial charge < -0.3 is 13.6 Å². The van der Waals surface area contributed by atoms with E-state index in [2.05, 4.69) is 15.5 Å². The standard InChI is InChI=1S/C19H14N4O6/c1-2-27-14-9-5-6-11-10-15(28-16(11)14)18-21-22-19(29-18)20-17(24)12-7-3-4-8-13(12)23(25)26/h3-10H,2H2,1H3,(H,20,22,24). The number of rotatable bonds is 6. The molecule has 0 atom stereocenters. The zero-order chi connectivity index (χ0) is 20.4. The zero-order valence-corrected chi connectivity index (χ0v) is 15.1. The van der Waals surface area contributed by atoms with Crippen molar-refractivity contribution < 1.29 is 23.3 Å². The van der Waals surface area contributed by atoms with Crippen molar-refractivity contribution in [3.8, 4) is 17.4 Å². The molecule has 0 unspecified atom stereocenters. The second kappa shape index (κ2) is 7.43. The number of nitro benzene ring substituents is 1. The van der Waals surface area contributed by atoms with Crippen LogP contribution in [0, 0.1) is 10.1 Å². The Bertz CT molecular complexity index is 1210. The molecule has 0 aliphatic carbocycles. The highest BCUT2D eigenvalue weighted by molar-refractivity contribution is 6.06. The van der Waals surface area contributed by atoms with Gasteiger partial charge in [-0.05, 0) is 25.1 Å². The minimum atomic E-state index is -0.740. The normalized spacial score (nSPS) is 10.8. The molecule has 0 spiro atoms. The van der Waals surface area contributed by atoms with Crippen molar-refractivity contribution in [3.63, 3.8) is 0 Å². The molecule has 2 aromatic heterocycles. The first-order valence-corrected chi connectivity index (χ1v) is 8.61. The number of benzene rings is 2. The number of furan rings is 1. The molecule has 0 saturated carbocycles. The van der Waals surface area contributed by atoms with Crippen LogP contribution in [0.15, 0.2) is 57.4 Å². The largest absolute Gasteiger partial charge is 0.490 e. The summed E-state index contributed by atoms with van der Waals surface area (Å²) in [4.78, 5) is 22.8. The molecule has 2 aromatic carbocycles. The molecule has 1 amide bonds. The van der Waals surface area contributed by atoms with E-state index in [0.717, 1.165) is 5.39 Å². The Hall–Kier alpha value is -4.21. The summed E-state index contributed by atoms with van der Waals surface area (Å²) in [7, 11) is 0. The van der Waals surface area contributed by atoms with Crippen LogP contribution in [0.4, 0.5) is 11.7 Å². The van der Waals surface area contributed by atoms with Crippen molar-refractivity contribution in [2.45, 2.75) is 6.92 Å². The summed E-state index contributed by atoms with van der Waals surface area (Å²) in [5.41, 5.74) is 0.0841. The van der Waals surface area contributed by atoms with Crippen molar-refractivity contribution in [1.29, 1.82) is 0 Å². The van der Waals surface area contributed by atoms with Crippen LogP contribution in [0.3, 0.4) is 0 Å². The van der Waals surface area contributed by atoms with Gasteiger partial charge in [0, 0.05) is 11.5 Å². The maximum atomic E-state index is 12.4. The number of hydrogen-bond donors (Lipinski definition) is 1. The molecule has 0 radical (unpaired) electrons. The lowest BCUT2D eigenvalue weighted by molar-refractivity contribution is -0.385. The highest BCUT2D eigenvalue weighted by atomic mass is 16.6. The van der Waals surface area contributed by atoms with Gasteiger partial charge in [-0.1, -0.05) is 29.4 Å². The number of ether oxygens (including phenoxy) is 1. The molecule has 29 heavy (non-hydrogen) atoms. The van der Waals surface area contributed by atoms with Gasteiger partial charge in [-0.15, -0.1) is 5.10 Å². The van der Waals surface area contributed by atoms with E-state index >= 15 is 0 Å². The summed E-state index contributed by atoms with van der Waals surface area (Å²) >= 11 is 0. The third-order valence-electron chi connectivity index (χ3n) is 4.01. The van der Waals surface area contributed by atoms with Gasteiger partial charge in [0.2, 0.25) is 0 Å². The van der Waals surface area contributed by atoms with Gasteiger partial charge in [-0.2, -0.15) is 0 Å². The van der Waals surface area contributed by atoms with Crippen LogP contribution in [0.5, 0.6) is 5.75 Å². The molecule has 0 aliphatic rings. The van der Waals surface area contributed by atoms with Gasteiger partial charge in [0.05, 0.1) is 11.5 Å². The number of para-hydroxylation sites is 2. The van der Waals surface area contributed by atoms with Crippen LogP contribution >= 0.6 is 0 Å². The summed E-state index contributed by atoms with van der Waals surface area (Å²) in [5.74, 6) is 0.184. The van der Waals surface area contributed by atoms with E-state index in [1.807, 2.05) is 19.1 Å². The third kappa shape index (κ3) is 3.50. The molecule has 2 heterocycles. The third-order valence-corrected chi connectivity index (χ3v) is 4.01. The number of amides is 1. The monoisotopic (exact) mass is 394 g/mol. The summed E-state index contributed by atoms with van der Waals surface area (Å²) in [6.07, 6.45) is 0. The average molecular weight is 394 g/mol. The quantitative estimate of drug-likeness (QED) is 0.382. The second-order valence-corrected chi connectivity index (χ2v) is 5.86. The fourth-order valence-corrected chi connectivity index (χ4v) is 2.77. The number of anilines is 1. The number of fused-ring (bicyclic) bond motifs is 1. The molecular weight excluding hydrogens is 380 g/mol. The number of nitrogens with zero attached hydrogens (tertiary/aromatic N) is 3. The van der Waals surface area contributed by atoms with Gasteiger partial charge in [0.25, 0.3) is 17.5 Å². The molecule has 0 fully saturated rings. The van der Waals surface area contributed by atoms with Crippen LogP contribution < -0.4 is 10.1 Å². The van der Waals surface area contributed by atoms with Gasteiger partial charge in [-0.25, -0.2) is 0 Å². The minimum Gasteiger partial charge on any atom is -0.490 e. The average Bonchev–Trinajstić information content (AvgIpc) is 3.35. The fourth-order valence-electron chi connectivity index (χ4n) is 2.77. The molecule has 0 aliphatic heterocycles. The number of nitrogens with one attached hydrogen (secondary N) is 1. The lowest BCUT2D eigenvalue weighted by atomic mass is 10.1. The predicted octanol–water partition coefficient (Wildman–Crippen LogP) is 4.04. The van der Waals surface area contributed by atoms with Crippen LogP contribution in [-0.2, 0) is 0 Å². The van der Waals surface area contributed by atoms with E-state index in [1.54, 1.807) is 12.1 Å². The molecule has 146 valence electrons. The van der Waals surface area contributed by atoms with Gasteiger partial charge in [-0.3, -0.25) is 20.2 Å². The van der Waals surface area contributed by atoms with Gasteiger partial charge in [0.1, 0.15) is 5.56 Å². The van der Waals surface area contributed by atoms with Crippen molar-refractivity contribution in [2.75, 3.05) is 11.9 Å². The maximum Gasteiger partial charge on any atom is 0.322 e. The first kappa shape index (κ1) is 18.2. The van der Waals surface area contributed by atoms with Crippen LogP contribution in [0.25, 0.3) is 22.6 Å². The van der Waals surface area contributed by atoms with E-state index in [1.165, 1.54) is 24.3 Å². The van der Waals surface area contributed by atoms with Crippen molar-refractivity contribution >= 4 is 28.6 Å². The number of nitro groups is 1. The highest BCUT2D eigenvalue weighted by Crippen LogP contribution is 2.33. The van der Waals surface area contributed by atoms with Crippen LogP contribution in [0.2, 0.25) is 0 Å². The summed E-state index contributed by atoms with van der Waals surface area (Å²) in [5, 5.41) is 21.8. The Kier molecular flexibility index (Phi) is 4.65. The molecule has 0 bridgehead atoms. The summed E-state index contributed by atoms with van der Waals surface area (Å²) in [6.45, 7) is 2.35. The highest BCUT2D eigenvalue weighted by Gasteiger charge is 2.22. The zero-order valence-electron chi connectivity index (χ0n) is 15.1. The SMILES string of the molecule is CCOc1cccc2cc(-c3nnc(NC(=O)c4ccccc4[N+](=O)[O-])o3)oc12. The Labute approximate surface area is 163 Å².